The minimum absolute atomic E-state index is 0.0856. The summed E-state index contributed by atoms with van der Waals surface area (Å²) >= 11 is 2.00. The van der Waals surface area contributed by atoms with Gasteiger partial charge in [-0.3, -0.25) is 25.0 Å². The molecule has 2 amide bonds. The van der Waals surface area contributed by atoms with E-state index < -0.39 is 28.4 Å². The van der Waals surface area contributed by atoms with Gasteiger partial charge in [-0.15, -0.1) is 10.2 Å². The monoisotopic (exact) mass is 465 g/mol. The number of carbonyl (C=O) groups is 2. The number of anilines is 2. The van der Waals surface area contributed by atoms with Crippen LogP contribution in [-0.4, -0.2) is 32.7 Å². The van der Waals surface area contributed by atoms with Crippen LogP contribution < -0.4 is 10.6 Å². The summed E-state index contributed by atoms with van der Waals surface area (Å²) in [5.74, 6) is -2.91. The number of rotatable bonds is 7. The predicted octanol–water partition coefficient (Wildman–Crippen LogP) is 4.02. The average Bonchev–Trinajstić information content (AvgIpc) is 3.16. The number of halogens is 2. The molecule has 31 heavy (non-hydrogen) atoms. The Morgan fingerprint density at radius 1 is 1.16 bits per heavy atom. The van der Waals surface area contributed by atoms with Gasteiger partial charge in [0, 0.05) is 23.3 Å². The molecule has 13 heteroatoms. The number of thioether (sulfide) groups is 1. The summed E-state index contributed by atoms with van der Waals surface area (Å²) in [7, 11) is 0. The third-order valence-corrected chi connectivity index (χ3v) is 5.80. The van der Waals surface area contributed by atoms with Crippen LogP contribution in [-0.2, 0) is 4.79 Å². The summed E-state index contributed by atoms with van der Waals surface area (Å²) in [6.45, 7) is 1.56. The summed E-state index contributed by atoms with van der Waals surface area (Å²) in [5.41, 5.74) is 0.187. The molecule has 0 saturated heterocycles. The van der Waals surface area contributed by atoms with Crippen LogP contribution >= 0.6 is 23.1 Å². The molecule has 9 nitrogen and oxygen atoms in total. The summed E-state index contributed by atoms with van der Waals surface area (Å²) in [4.78, 5) is 34.7. The first-order chi connectivity index (χ1) is 14.7. The smallest absolute Gasteiger partial charge is 0.273 e. The highest BCUT2D eigenvalue weighted by Crippen LogP contribution is 2.27. The first kappa shape index (κ1) is 22.2. The number of aryl methyl sites for hydroxylation is 1. The number of amides is 2. The second-order valence-corrected chi connectivity index (χ2v) is 8.25. The number of hydrogen-bond acceptors (Lipinski definition) is 8. The van der Waals surface area contributed by atoms with Gasteiger partial charge in [0.15, 0.2) is 4.34 Å². The van der Waals surface area contributed by atoms with E-state index in [0.29, 0.717) is 16.0 Å². The van der Waals surface area contributed by atoms with E-state index >= 15 is 0 Å². The minimum Gasteiger partial charge on any atom is -0.323 e. The molecule has 3 aromatic rings. The summed E-state index contributed by atoms with van der Waals surface area (Å²) in [5, 5.41) is 23.6. The topological polar surface area (TPSA) is 127 Å². The molecular formula is C18H13F2N5O4S2. The lowest BCUT2D eigenvalue weighted by Crippen LogP contribution is -2.15. The molecule has 0 spiro atoms. The highest BCUT2D eigenvalue weighted by atomic mass is 32.2. The Bertz CT molecular complexity index is 1170. The SMILES string of the molecule is Cc1ccc(C(=O)Nc2nnc(SCC(=O)Nc3ccc(F)cc3F)s2)cc1[N+](=O)[O-]. The molecular weight excluding hydrogens is 452 g/mol. The number of nitrogens with zero attached hydrogens (tertiary/aromatic N) is 3. The zero-order valence-electron chi connectivity index (χ0n) is 15.7. The van der Waals surface area contributed by atoms with Crippen LogP contribution in [0.3, 0.4) is 0 Å². The van der Waals surface area contributed by atoms with E-state index in [2.05, 4.69) is 20.8 Å². The minimum atomic E-state index is -0.893. The fourth-order valence-electron chi connectivity index (χ4n) is 2.34. The molecule has 3 rings (SSSR count). The molecule has 1 heterocycles. The van der Waals surface area contributed by atoms with E-state index in [1.807, 2.05) is 0 Å². The number of nitro groups is 1. The maximum atomic E-state index is 13.6. The predicted molar refractivity (Wildman–Crippen MR) is 111 cm³/mol. The van der Waals surface area contributed by atoms with Crippen molar-refractivity contribution in [3.05, 3.63) is 69.3 Å². The first-order valence-corrected chi connectivity index (χ1v) is 10.3. The highest BCUT2D eigenvalue weighted by Gasteiger charge is 2.17. The molecule has 0 saturated carbocycles. The van der Waals surface area contributed by atoms with Crippen molar-refractivity contribution >= 4 is 51.4 Å². The van der Waals surface area contributed by atoms with Crippen LogP contribution in [0.1, 0.15) is 15.9 Å². The normalized spacial score (nSPS) is 10.5. The van der Waals surface area contributed by atoms with E-state index in [4.69, 9.17) is 0 Å². The Balaban J connectivity index is 1.56. The van der Waals surface area contributed by atoms with E-state index in [1.165, 1.54) is 18.2 Å². The number of carbonyl (C=O) groups excluding carboxylic acids is 2. The van der Waals surface area contributed by atoms with Gasteiger partial charge in [-0.1, -0.05) is 29.2 Å². The van der Waals surface area contributed by atoms with Crippen LogP contribution in [0.4, 0.5) is 25.3 Å². The van der Waals surface area contributed by atoms with Gasteiger partial charge in [-0.05, 0) is 25.1 Å². The second kappa shape index (κ2) is 9.57. The van der Waals surface area contributed by atoms with Gasteiger partial charge >= 0.3 is 0 Å². The molecule has 0 aliphatic rings. The lowest BCUT2D eigenvalue weighted by molar-refractivity contribution is -0.385. The standard InChI is InChI=1S/C18H13F2N5O4S2/c1-9-2-3-10(6-14(9)25(28)29)16(27)22-17-23-24-18(31-17)30-8-15(26)21-13-5-4-11(19)7-12(13)20/h2-7H,8H2,1H3,(H,21,26)(H,22,23,27). The Morgan fingerprint density at radius 2 is 1.94 bits per heavy atom. The summed E-state index contributed by atoms with van der Waals surface area (Å²) in [6.07, 6.45) is 0. The summed E-state index contributed by atoms with van der Waals surface area (Å²) in [6, 6.07) is 6.88. The van der Waals surface area contributed by atoms with Gasteiger partial charge < -0.3 is 5.32 Å². The highest BCUT2D eigenvalue weighted by molar-refractivity contribution is 8.01. The number of nitro benzene ring substituents is 1. The largest absolute Gasteiger partial charge is 0.323 e. The molecule has 0 radical (unpaired) electrons. The number of aromatic nitrogens is 2. The fourth-order valence-corrected chi connectivity index (χ4v) is 3.89. The molecule has 0 fully saturated rings. The lowest BCUT2D eigenvalue weighted by Gasteiger charge is -2.05. The maximum Gasteiger partial charge on any atom is 0.273 e. The molecule has 2 aromatic carbocycles. The molecule has 0 aliphatic heterocycles. The lowest BCUT2D eigenvalue weighted by atomic mass is 10.1. The van der Waals surface area contributed by atoms with Gasteiger partial charge in [0.05, 0.1) is 16.4 Å². The zero-order chi connectivity index (χ0) is 22.5. The molecule has 2 N–H and O–H groups in total. The molecule has 0 atom stereocenters. The van der Waals surface area contributed by atoms with Crippen LogP contribution in [0.25, 0.3) is 0 Å². The average molecular weight is 465 g/mol. The molecule has 1 aromatic heterocycles. The maximum absolute atomic E-state index is 13.6. The Morgan fingerprint density at radius 3 is 2.65 bits per heavy atom. The van der Waals surface area contributed by atoms with Gasteiger partial charge in [0.2, 0.25) is 11.0 Å². The van der Waals surface area contributed by atoms with Crippen molar-refractivity contribution in [1.29, 1.82) is 0 Å². The van der Waals surface area contributed by atoms with Gasteiger partial charge in [0.1, 0.15) is 11.6 Å². The summed E-state index contributed by atoms with van der Waals surface area (Å²) < 4.78 is 26.8. The van der Waals surface area contributed by atoms with Crippen molar-refractivity contribution in [3.63, 3.8) is 0 Å². The van der Waals surface area contributed by atoms with Crippen LogP contribution in [0.15, 0.2) is 40.7 Å². The fraction of sp³-hybridized carbons (Fsp3) is 0.111. The first-order valence-electron chi connectivity index (χ1n) is 8.50. The quantitative estimate of drug-likeness (QED) is 0.233. The van der Waals surface area contributed by atoms with Crippen LogP contribution in [0.2, 0.25) is 0 Å². The zero-order valence-corrected chi connectivity index (χ0v) is 17.4. The van der Waals surface area contributed by atoms with Crippen molar-refractivity contribution in [2.75, 3.05) is 16.4 Å². The Kier molecular flexibility index (Phi) is 6.87. The van der Waals surface area contributed by atoms with Gasteiger partial charge in [-0.25, -0.2) is 8.78 Å². The van der Waals surface area contributed by atoms with Crippen molar-refractivity contribution in [3.8, 4) is 0 Å². The van der Waals surface area contributed by atoms with Crippen molar-refractivity contribution in [2.45, 2.75) is 11.3 Å². The molecule has 160 valence electrons. The van der Waals surface area contributed by atoms with Crippen molar-refractivity contribution < 1.29 is 23.3 Å². The van der Waals surface area contributed by atoms with Gasteiger partial charge in [0.25, 0.3) is 11.6 Å². The van der Waals surface area contributed by atoms with Crippen LogP contribution in [0.5, 0.6) is 0 Å². The molecule has 0 aliphatic carbocycles. The van der Waals surface area contributed by atoms with E-state index in [9.17, 15) is 28.5 Å². The Hall–Kier alpha value is -3.45. The number of benzene rings is 2. The van der Waals surface area contributed by atoms with Crippen molar-refractivity contribution in [2.24, 2.45) is 0 Å². The van der Waals surface area contributed by atoms with Crippen LogP contribution in [0, 0.1) is 28.7 Å². The van der Waals surface area contributed by atoms with E-state index in [0.717, 1.165) is 35.2 Å². The number of hydrogen-bond donors (Lipinski definition) is 2. The van der Waals surface area contributed by atoms with Crippen molar-refractivity contribution in [1.82, 2.24) is 10.2 Å². The van der Waals surface area contributed by atoms with Gasteiger partial charge in [-0.2, -0.15) is 0 Å². The molecule has 0 unspecified atom stereocenters. The third kappa shape index (κ3) is 5.79. The number of nitrogens with one attached hydrogen (secondary N) is 2. The van der Waals surface area contributed by atoms with E-state index in [1.54, 1.807) is 6.92 Å². The second-order valence-electron chi connectivity index (χ2n) is 6.05. The Labute approximate surface area is 182 Å². The van der Waals surface area contributed by atoms with E-state index in [-0.39, 0.29) is 27.8 Å². The third-order valence-electron chi connectivity index (χ3n) is 3.83. The molecule has 0 bridgehead atoms.